The van der Waals surface area contributed by atoms with Gasteiger partial charge in [0.15, 0.2) is 11.5 Å². The highest BCUT2D eigenvalue weighted by molar-refractivity contribution is 5.95. The predicted molar refractivity (Wildman–Crippen MR) is 131 cm³/mol. The maximum atomic E-state index is 13.7. The Morgan fingerprint density at radius 2 is 1.62 bits per heavy atom. The van der Waals surface area contributed by atoms with Crippen molar-refractivity contribution < 1.29 is 23.7 Å². The van der Waals surface area contributed by atoms with E-state index in [-0.39, 0.29) is 11.9 Å². The van der Waals surface area contributed by atoms with Gasteiger partial charge in [-0.2, -0.15) is 0 Å². The van der Waals surface area contributed by atoms with Gasteiger partial charge in [0.25, 0.3) is 5.91 Å². The molecule has 0 saturated carbocycles. The van der Waals surface area contributed by atoms with Crippen molar-refractivity contribution in [3.05, 3.63) is 82.9 Å². The predicted octanol–water partition coefficient (Wildman–Crippen LogP) is 5.09. The van der Waals surface area contributed by atoms with Crippen LogP contribution in [0.4, 0.5) is 0 Å². The SMILES string of the molecule is CCc1cccc(C(=O)N2CCc3cc(OC)c(OC)cc3C2COc2ccc(OC)cc2)c1. The van der Waals surface area contributed by atoms with E-state index in [9.17, 15) is 4.79 Å². The number of ether oxygens (including phenoxy) is 4. The number of hydrogen-bond donors (Lipinski definition) is 0. The van der Waals surface area contributed by atoms with E-state index in [4.69, 9.17) is 18.9 Å². The van der Waals surface area contributed by atoms with Crippen LogP contribution < -0.4 is 18.9 Å². The molecule has 0 spiro atoms. The first kappa shape index (κ1) is 23.5. The molecule has 0 N–H and O–H groups in total. The highest BCUT2D eigenvalue weighted by atomic mass is 16.5. The molecule has 0 bridgehead atoms. The molecule has 6 nitrogen and oxygen atoms in total. The fraction of sp³-hybridized carbons (Fsp3) is 0.321. The van der Waals surface area contributed by atoms with Gasteiger partial charge in [-0.3, -0.25) is 4.79 Å². The molecule has 34 heavy (non-hydrogen) atoms. The molecule has 6 heteroatoms. The fourth-order valence-corrected chi connectivity index (χ4v) is 4.39. The van der Waals surface area contributed by atoms with Gasteiger partial charge in [0.2, 0.25) is 0 Å². The van der Waals surface area contributed by atoms with E-state index in [1.165, 1.54) is 0 Å². The molecule has 0 radical (unpaired) electrons. The average molecular weight is 462 g/mol. The van der Waals surface area contributed by atoms with Crippen LogP contribution in [0.2, 0.25) is 0 Å². The van der Waals surface area contributed by atoms with Gasteiger partial charge in [-0.05, 0) is 78.1 Å². The zero-order valence-corrected chi connectivity index (χ0v) is 20.2. The average Bonchev–Trinajstić information content (AvgIpc) is 2.90. The third kappa shape index (κ3) is 4.81. The normalized spacial score (nSPS) is 14.8. The van der Waals surface area contributed by atoms with Crippen LogP contribution >= 0.6 is 0 Å². The van der Waals surface area contributed by atoms with Gasteiger partial charge >= 0.3 is 0 Å². The number of benzene rings is 3. The molecule has 0 aromatic heterocycles. The van der Waals surface area contributed by atoms with Crippen molar-refractivity contribution in [3.8, 4) is 23.0 Å². The maximum absolute atomic E-state index is 13.7. The molecule has 1 aliphatic rings. The van der Waals surface area contributed by atoms with E-state index < -0.39 is 0 Å². The molecular formula is C28H31NO5. The Labute approximate surface area is 201 Å². The van der Waals surface area contributed by atoms with Crippen molar-refractivity contribution in [3.63, 3.8) is 0 Å². The summed E-state index contributed by atoms with van der Waals surface area (Å²) < 4.78 is 22.5. The molecule has 4 rings (SSSR count). The molecule has 3 aromatic carbocycles. The molecule has 3 aromatic rings. The molecule has 1 heterocycles. The Kier molecular flexibility index (Phi) is 7.26. The van der Waals surface area contributed by atoms with Crippen LogP contribution in [-0.4, -0.2) is 45.3 Å². The van der Waals surface area contributed by atoms with Crippen LogP contribution in [0.3, 0.4) is 0 Å². The van der Waals surface area contributed by atoms with E-state index in [1.54, 1.807) is 21.3 Å². The Hall–Kier alpha value is -3.67. The number of carbonyl (C=O) groups is 1. The molecule has 0 saturated heterocycles. The second kappa shape index (κ2) is 10.5. The number of fused-ring (bicyclic) bond motifs is 1. The van der Waals surface area contributed by atoms with Gasteiger partial charge in [0.1, 0.15) is 18.1 Å². The lowest BCUT2D eigenvalue weighted by molar-refractivity contribution is 0.0589. The standard InChI is InChI=1S/C28H31NO5/c1-5-19-7-6-8-21(15-19)28(30)29-14-13-20-16-26(32-3)27(33-4)17-24(20)25(29)18-34-23-11-9-22(31-2)10-12-23/h6-12,15-17,25H,5,13-14,18H2,1-4H3. The summed E-state index contributed by atoms with van der Waals surface area (Å²) in [5, 5.41) is 0. The number of rotatable bonds is 8. The van der Waals surface area contributed by atoms with Gasteiger partial charge in [0, 0.05) is 12.1 Å². The highest BCUT2D eigenvalue weighted by Gasteiger charge is 2.33. The van der Waals surface area contributed by atoms with Gasteiger partial charge < -0.3 is 23.8 Å². The van der Waals surface area contributed by atoms with Crippen LogP contribution in [0.1, 0.15) is 40.0 Å². The van der Waals surface area contributed by atoms with E-state index in [0.717, 1.165) is 35.3 Å². The van der Waals surface area contributed by atoms with Crippen LogP contribution in [0.25, 0.3) is 0 Å². The summed E-state index contributed by atoms with van der Waals surface area (Å²) >= 11 is 0. The zero-order chi connectivity index (χ0) is 24.1. The molecular weight excluding hydrogens is 430 g/mol. The quantitative estimate of drug-likeness (QED) is 0.468. The van der Waals surface area contributed by atoms with Gasteiger partial charge in [-0.1, -0.05) is 19.1 Å². The molecule has 1 amide bonds. The zero-order valence-electron chi connectivity index (χ0n) is 20.2. The van der Waals surface area contributed by atoms with Gasteiger partial charge in [-0.15, -0.1) is 0 Å². The van der Waals surface area contributed by atoms with Crippen LogP contribution in [0, 0.1) is 0 Å². The third-order valence-electron chi connectivity index (χ3n) is 6.31. The molecule has 178 valence electrons. The Balaban J connectivity index is 1.69. The van der Waals surface area contributed by atoms with Crippen molar-refractivity contribution >= 4 is 5.91 Å². The summed E-state index contributed by atoms with van der Waals surface area (Å²) in [4.78, 5) is 15.6. The van der Waals surface area contributed by atoms with Crippen molar-refractivity contribution in [1.29, 1.82) is 0 Å². The minimum absolute atomic E-state index is 0.000865. The molecule has 1 atom stereocenters. The van der Waals surface area contributed by atoms with Crippen molar-refractivity contribution in [2.75, 3.05) is 34.5 Å². The second-order valence-electron chi connectivity index (χ2n) is 8.21. The van der Waals surface area contributed by atoms with Crippen molar-refractivity contribution in [2.24, 2.45) is 0 Å². The highest BCUT2D eigenvalue weighted by Crippen LogP contribution is 2.39. The summed E-state index contributed by atoms with van der Waals surface area (Å²) in [6.07, 6.45) is 1.61. The number of methoxy groups -OCH3 is 3. The topological polar surface area (TPSA) is 57.2 Å². The first-order valence-electron chi connectivity index (χ1n) is 11.5. The summed E-state index contributed by atoms with van der Waals surface area (Å²) in [7, 11) is 4.89. The monoisotopic (exact) mass is 461 g/mol. The van der Waals surface area contributed by atoms with Crippen LogP contribution in [0.15, 0.2) is 60.7 Å². The number of carbonyl (C=O) groups excluding carboxylic acids is 1. The first-order chi connectivity index (χ1) is 16.6. The minimum atomic E-state index is -0.275. The number of aryl methyl sites for hydroxylation is 1. The minimum Gasteiger partial charge on any atom is -0.497 e. The third-order valence-corrected chi connectivity index (χ3v) is 6.31. The van der Waals surface area contributed by atoms with Crippen LogP contribution in [0.5, 0.6) is 23.0 Å². The number of hydrogen-bond acceptors (Lipinski definition) is 5. The van der Waals surface area contributed by atoms with E-state index in [2.05, 4.69) is 6.92 Å². The Morgan fingerprint density at radius 1 is 0.912 bits per heavy atom. The van der Waals surface area contributed by atoms with E-state index >= 15 is 0 Å². The smallest absolute Gasteiger partial charge is 0.254 e. The summed E-state index contributed by atoms with van der Waals surface area (Å²) in [5.74, 6) is 2.80. The number of nitrogens with zero attached hydrogens (tertiary/aromatic N) is 1. The fourth-order valence-electron chi connectivity index (χ4n) is 4.39. The summed E-state index contributed by atoms with van der Waals surface area (Å²) in [6, 6.07) is 19.0. The number of amides is 1. The Bertz CT molecular complexity index is 1140. The summed E-state index contributed by atoms with van der Waals surface area (Å²) in [5.41, 5.74) is 3.98. The molecule has 0 aliphatic carbocycles. The molecule has 0 fully saturated rings. The summed E-state index contributed by atoms with van der Waals surface area (Å²) in [6.45, 7) is 2.99. The van der Waals surface area contributed by atoms with Gasteiger partial charge in [0.05, 0.1) is 27.4 Å². The van der Waals surface area contributed by atoms with E-state index in [1.807, 2.05) is 65.6 Å². The van der Waals surface area contributed by atoms with E-state index in [0.29, 0.717) is 36.0 Å². The maximum Gasteiger partial charge on any atom is 0.254 e. The second-order valence-corrected chi connectivity index (χ2v) is 8.21. The Morgan fingerprint density at radius 3 is 2.29 bits per heavy atom. The lowest BCUT2D eigenvalue weighted by atomic mass is 9.91. The van der Waals surface area contributed by atoms with Crippen molar-refractivity contribution in [2.45, 2.75) is 25.8 Å². The van der Waals surface area contributed by atoms with Crippen molar-refractivity contribution in [1.82, 2.24) is 4.90 Å². The van der Waals surface area contributed by atoms with Crippen LogP contribution in [-0.2, 0) is 12.8 Å². The first-order valence-corrected chi connectivity index (χ1v) is 11.5. The van der Waals surface area contributed by atoms with Gasteiger partial charge in [-0.25, -0.2) is 0 Å². The molecule has 1 unspecified atom stereocenters. The molecule has 1 aliphatic heterocycles. The lowest BCUT2D eigenvalue weighted by Crippen LogP contribution is -2.42. The lowest BCUT2D eigenvalue weighted by Gasteiger charge is -2.37. The largest absolute Gasteiger partial charge is 0.497 e.